The second-order valence-corrected chi connectivity index (χ2v) is 8.65. The molecule has 30 heavy (non-hydrogen) atoms. The molecule has 0 aliphatic rings. The van der Waals surface area contributed by atoms with Crippen LogP contribution in [0.15, 0.2) is 12.1 Å². The maximum absolute atomic E-state index is 11.9. The average Bonchev–Trinajstić information content (AvgIpc) is 2.70. The maximum atomic E-state index is 11.9. The molecule has 0 saturated heterocycles. The minimum atomic E-state index is -0.340. The number of hydrogen-bond acceptors (Lipinski definition) is 4. The van der Waals surface area contributed by atoms with Gasteiger partial charge in [0.05, 0.1) is 21.7 Å². The number of esters is 2. The quantitative estimate of drug-likeness (QED) is 0.104. The van der Waals surface area contributed by atoms with Crippen molar-refractivity contribution in [3.8, 4) is 5.75 Å². The third-order valence-electron chi connectivity index (χ3n) is 4.72. The highest BCUT2D eigenvalue weighted by Gasteiger charge is 2.11. The molecule has 1 aromatic rings. The van der Waals surface area contributed by atoms with Gasteiger partial charge in [0.15, 0.2) is 5.75 Å². The number of unbranched alkanes of at least 4 members (excludes halogenated alkanes) is 9. The van der Waals surface area contributed by atoms with Crippen LogP contribution in [0.5, 0.6) is 5.75 Å². The lowest BCUT2D eigenvalue weighted by molar-refractivity contribution is -0.144. The van der Waals surface area contributed by atoms with E-state index in [1.807, 2.05) is 0 Å². The van der Waals surface area contributed by atoms with Crippen LogP contribution < -0.4 is 4.74 Å². The van der Waals surface area contributed by atoms with Crippen molar-refractivity contribution in [2.24, 2.45) is 0 Å². The summed E-state index contributed by atoms with van der Waals surface area (Å²) in [5.74, 6) is -0.203. The summed E-state index contributed by atoms with van der Waals surface area (Å²) in [6.07, 6.45) is 12.2. The van der Waals surface area contributed by atoms with Gasteiger partial charge in [-0.2, -0.15) is 0 Å². The Morgan fingerprint density at radius 2 is 1.23 bits per heavy atom. The lowest BCUT2D eigenvalue weighted by Crippen LogP contribution is -2.08. The van der Waals surface area contributed by atoms with Gasteiger partial charge >= 0.3 is 11.9 Å². The highest BCUT2D eigenvalue weighted by atomic mass is 35.5. The van der Waals surface area contributed by atoms with Crippen LogP contribution in [-0.2, 0) is 14.3 Å². The van der Waals surface area contributed by atoms with Crippen LogP contribution >= 0.6 is 34.8 Å². The number of carbonyl (C=O) groups is 2. The zero-order chi connectivity index (χ0) is 22.2. The SMILES string of the molecule is CCCCCCCOC(=O)CCCCCCCCC(=O)Oc1cc(Cl)c(Cl)cc1Cl. The largest absolute Gasteiger partial charge is 0.466 e. The van der Waals surface area contributed by atoms with Gasteiger partial charge in [0.1, 0.15) is 0 Å². The molecule has 1 aromatic carbocycles. The van der Waals surface area contributed by atoms with E-state index in [4.69, 9.17) is 44.3 Å². The van der Waals surface area contributed by atoms with E-state index in [-0.39, 0.29) is 22.7 Å². The van der Waals surface area contributed by atoms with E-state index >= 15 is 0 Å². The Hall–Kier alpha value is -0.970. The number of hydrogen-bond donors (Lipinski definition) is 0. The van der Waals surface area contributed by atoms with Gasteiger partial charge in [0, 0.05) is 18.9 Å². The van der Waals surface area contributed by atoms with Gasteiger partial charge < -0.3 is 9.47 Å². The summed E-state index contributed by atoms with van der Waals surface area (Å²) < 4.78 is 10.5. The molecule has 0 saturated carbocycles. The smallest absolute Gasteiger partial charge is 0.311 e. The van der Waals surface area contributed by atoms with Gasteiger partial charge in [0.25, 0.3) is 0 Å². The molecule has 0 spiro atoms. The zero-order valence-electron chi connectivity index (χ0n) is 17.8. The van der Waals surface area contributed by atoms with Crippen LogP contribution in [0.3, 0.4) is 0 Å². The number of rotatable bonds is 16. The molecule has 0 amide bonds. The average molecular weight is 480 g/mol. The first-order valence-electron chi connectivity index (χ1n) is 10.9. The molecule has 0 bridgehead atoms. The Balaban J connectivity index is 1.98. The maximum Gasteiger partial charge on any atom is 0.311 e. The van der Waals surface area contributed by atoms with Crippen LogP contribution in [0.25, 0.3) is 0 Å². The molecule has 4 nitrogen and oxygen atoms in total. The first-order valence-corrected chi connectivity index (χ1v) is 12.1. The fourth-order valence-corrected chi connectivity index (χ4v) is 3.54. The van der Waals surface area contributed by atoms with Gasteiger partial charge in [-0.25, -0.2) is 0 Å². The Morgan fingerprint density at radius 1 is 0.700 bits per heavy atom. The van der Waals surface area contributed by atoms with Crippen molar-refractivity contribution in [2.75, 3.05) is 6.61 Å². The van der Waals surface area contributed by atoms with Gasteiger partial charge in [0.2, 0.25) is 0 Å². The highest BCUT2D eigenvalue weighted by Crippen LogP contribution is 2.34. The van der Waals surface area contributed by atoms with E-state index in [0.29, 0.717) is 29.5 Å². The van der Waals surface area contributed by atoms with Crippen molar-refractivity contribution in [1.29, 1.82) is 0 Å². The number of ether oxygens (including phenoxy) is 2. The molecule has 0 unspecified atom stereocenters. The normalized spacial score (nSPS) is 10.8. The van der Waals surface area contributed by atoms with Crippen molar-refractivity contribution in [1.82, 2.24) is 0 Å². The molecule has 0 aliphatic heterocycles. The molecule has 0 heterocycles. The molecular weight excluding hydrogens is 447 g/mol. The minimum Gasteiger partial charge on any atom is -0.466 e. The fourth-order valence-electron chi connectivity index (χ4n) is 2.97. The summed E-state index contributed by atoms with van der Waals surface area (Å²) in [7, 11) is 0. The first kappa shape index (κ1) is 27.1. The molecule has 0 fully saturated rings. The van der Waals surface area contributed by atoms with Crippen LogP contribution in [0.2, 0.25) is 15.1 Å². The third kappa shape index (κ3) is 12.7. The van der Waals surface area contributed by atoms with Crippen molar-refractivity contribution in [3.63, 3.8) is 0 Å². The second kappa shape index (κ2) is 16.7. The van der Waals surface area contributed by atoms with Crippen molar-refractivity contribution in [2.45, 2.75) is 90.4 Å². The number of benzene rings is 1. The lowest BCUT2D eigenvalue weighted by atomic mass is 10.1. The van der Waals surface area contributed by atoms with Gasteiger partial charge in [-0.05, 0) is 25.3 Å². The molecule has 0 atom stereocenters. The fraction of sp³-hybridized carbons (Fsp3) is 0.652. The molecule has 1 rings (SSSR count). The zero-order valence-corrected chi connectivity index (χ0v) is 20.1. The van der Waals surface area contributed by atoms with Crippen molar-refractivity contribution < 1.29 is 19.1 Å². The molecule has 0 radical (unpaired) electrons. The lowest BCUT2D eigenvalue weighted by Gasteiger charge is -2.08. The monoisotopic (exact) mass is 478 g/mol. The Morgan fingerprint density at radius 3 is 1.90 bits per heavy atom. The van der Waals surface area contributed by atoms with E-state index in [0.717, 1.165) is 51.4 Å². The van der Waals surface area contributed by atoms with E-state index in [9.17, 15) is 9.59 Å². The van der Waals surface area contributed by atoms with Gasteiger partial charge in [-0.3, -0.25) is 9.59 Å². The highest BCUT2D eigenvalue weighted by molar-refractivity contribution is 6.43. The Bertz CT molecular complexity index is 650. The summed E-state index contributed by atoms with van der Waals surface area (Å²) in [6, 6.07) is 2.90. The second-order valence-electron chi connectivity index (χ2n) is 7.43. The minimum absolute atomic E-state index is 0.0887. The number of carbonyl (C=O) groups excluding carboxylic acids is 2. The predicted molar refractivity (Wildman–Crippen MR) is 124 cm³/mol. The molecule has 7 heteroatoms. The van der Waals surface area contributed by atoms with E-state index in [1.165, 1.54) is 31.4 Å². The summed E-state index contributed by atoms with van der Waals surface area (Å²) in [4.78, 5) is 23.6. The van der Waals surface area contributed by atoms with E-state index < -0.39 is 0 Å². The van der Waals surface area contributed by atoms with E-state index in [1.54, 1.807) is 0 Å². The molecule has 0 N–H and O–H groups in total. The number of halogens is 3. The van der Waals surface area contributed by atoms with Crippen molar-refractivity contribution in [3.05, 3.63) is 27.2 Å². The summed E-state index contributed by atoms with van der Waals surface area (Å²) >= 11 is 17.8. The van der Waals surface area contributed by atoms with Gasteiger partial charge in [-0.15, -0.1) is 0 Å². The Labute approximate surface area is 195 Å². The summed E-state index contributed by atoms with van der Waals surface area (Å²) in [5.41, 5.74) is 0. The molecule has 0 aliphatic carbocycles. The van der Waals surface area contributed by atoms with Crippen LogP contribution in [0.1, 0.15) is 90.4 Å². The van der Waals surface area contributed by atoms with Gasteiger partial charge in [-0.1, -0.05) is 93.1 Å². The van der Waals surface area contributed by atoms with Crippen molar-refractivity contribution >= 4 is 46.7 Å². The topological polar surface area (TPSA) is 52.6 Å². The Kier molecular flexibility index (Phi) is 15.1. The molecular formula is C23H33Cl3O4. The standard InChI is InChI=1S/C23H33Cl3O4/c1-2-3-4-9-12-15-29-22(27)13-10-7-5-6-8-11-14-23(28)30-21-17-19(25)18(24)16-20(21)26/h16-17H,2-15H2,1H3. The van der Waals surface area contributed by atoms with E-state index in [2.05, 4.69) is 6.92 Å². The molecule has 0 aromatic heterocycles. The predicted octanol–water partition coefficient (Wildman–Crippen LogP) is 8.19. The summed E-state index contributed by atoms with van der Waals surface area (Å²) in [6.45, 7) is 2.73. The van der Waals surface area contributed by atoms with Crippen LogP contribution in [0, 0.1) is 0 Å². The molecule has 170 valence electrons. The first-order chi connectivity index (χ1) is 14.4. The van der Waals surface area contributed by atoms with Crippen LogP contribution in [0.4, 0.5) is 0 Å². The third-order valence-corrected chi connectivity index (χ3v) is 5.74. The van der Waals surface area contributed by atoms with Crippen LogP contribution in [-0.4, -0.2) is 18.5 Å². The summed E-state index contributed by atoms with van der Waals surface area (Å²) in [5, 5.41) is 0.865.